The van der Waals surface area contributed by atoms with E-state index in [9.17, 15) is 9.90 Å². The van der Waals surface area contributed by atoms with Gasteiger partial charge >= 0.3 is 0 Å². The molecule has 48 valence electrons. The molecule has 0 aliphatic carbocycles. The number of aliphatic carboxylic acids is 1. The van der Waals surface area contributed by atoms with Crippen molar-refractivity contribution < 1.29 is 9.90 Å². The van der Waals surface area contributed by atoms with Crippen LogP contribution in [0.15, 0.2) is 0 Å². The molecule has 0 saturated carbocycles. The maximum atomic E-state index is 10.0. The lowest BCUT2D eigenvalue weighted by atomic mass is 10.1. The minimum absolute atomic E-state index is 0.324. The molecule has 0 radical (unpaired) electrons. The van der Waals surface area contributed by atoms with Gasteiger partial charge in [0.25, 0.3) is 0 Å². The third kappa shape index (κ3) is 2.31. The summed E-state index contributed by atoms with van der Waals surface area (Å²) < 4.78 is 0. The van der Waals surface area contributed by atoms with Gasteiger partial charge in [-0.25, -0.2) is 0 Å². The summed E-state index contributed by atoms with van der Waals surface area (Å²) in [7, 11) is 0. The van der Waals surface area contributed by atoms with Crippen LogP contribution in [-0.4, -0.2) is 11.3 Å². The molecule has 0 N–H and O–H groups in total. The Morgan fingerprint density at radius 1 is 1.88 bits per heavy atom. The number of carboxylic acids is 1. The summed E-state index contributed by atoms with van der Waals surface area (Å²) in [6, 6.07) is 0. The smallest absolute Gasteiger partial charge is 0.0453 e. The lowest BCUT2D eigenvalue weighted by molar-refractivity contribution is -0.310. The highest BCUT2D eigenvalue weighted by Gasteiger charge is 2.02. The van der Waals surface area contributed by atoms with E-state index < -0.39 is 5.97 Å². The van der Waals surface area contributed by atoms with Crippen LogP contribution in [0.2, 0.25) is 0 Å². The fourth-order valence-corrected chi connectivity index (χ4v) is 1.06. The zero-order chi connectivity index (χ0) is 6.57. The van der Waals surface area contributed by atoms with E-state index in [1.165, 1.54) is 0 Å². The summed E-state index contributed by atoms with van der Waals surface area (Å²) in [5, 5.41) is 10.5. The first kappa shape index (κ1) is 7.95. The van der Waals surface area contributed by atoms with Gasteiger partial charge < -0.3 is 9.90 Å². The molecule has 0 heterocycles. The maximum absolute atomic E-state index is 10.0. The van der Waals surface area contributed by atoms with E-state index in [1.807, 2.05) is 6.92 Å². The number of rotatable bonds is 3. The van der Waals surface area contributed by atoms with E-state index in [0.717, 1.165) is 0 Å². The van der Waals surface area contributed by atoms with Gasteiger partial charge in [-0.3, -0.25) is 0 Å². The van der Waals surface area contributed by atoms with Crippen LogP contribution in [0.3, 0.4) is 0 Å². The minimum atomic E-state index is -0.968. The fourth-order valence-electron chi connectivity index (χ4n) is 0.339. The zero-order valence-electron chi connectivity index (χ0n) is 4.69. The predicted octanol–water partition coefficient (Wildman–Crippen LogP) is 0.157. The first-order valence-corrected chi connectivity index (χ1v) is 3.61. The number of carboxylic acid groups (broad SMARTS) is 1. The van der Waals surface area contributed by atoms with Crippen LogP contribution in [0.25, 0.3) is 0 Å². The van der Waals surface area contributed by atoms with Crippen molar-refractivity contribution in [2.24, 2.45) is 5.92 Å². The Hall–Kier alpha value is -0.0500. The van der Waals surface area contributed by atoms with Gasteiger partial charge in [0.1, 0.15) is 0 Å². The summed E-state index contributed by atoms with van der Waals surface area (Å²) in [4.78, 5) is 10.0. The largest absolute Gasteiger partial charge is 0.550 e. The van der Waals surface area contributed by atoms with Crippen LogP contribution in [0.4, 0.5) is 0 Å². The van der Waals surface area contributed by atoms with E-state index in [1.54, 1.807) is 0 Å². The Bertz CT molecular complexity index is 78.5. The summed E-state index contributed by atoms with van der Waals surface area (Å²) in [6.45, 7) is 1.82. The molecule has 0 aliphatic rings. The van der Waals surface area contributed by atoms with Crippen molar-refractivity contribution in [1.82, 2.24) is 0 Å². The summed E-state index contributed by atoms with van der Waals surface area (Å²) in [5.74, 6) is -1.29. The van der Waals surface area contributed by atoms with E-state index in [4.69, 9.17) is 0 Å². The van der Waals surface area contributed by atoms with E-state index in [0.29, 0.717) is 11.8 Å². The van der Waals surface area contributed by atoms with Gasteiger partial charge in [-0.15, -0.1) is 0 Å². The molecule has 0 aromatic rings. The average molecular weight is 180 g/mol. The second-order valence-electron chi connectivity index (χ2n) is 1.58. The van der Waals surface area contributed by atoms with E-state index in [-0.39, 0.29) is 5.92 Å². The maximum Gasteiger partial charge on any atom is 0.0453 e. The molecule has 3 heteroatoms. The first-order chi connectivity index (χ1) is 3.72. The highest BCUT2D eigenvalue weighted by Crippen LogP contribution is 2.03. The quantitative estimate of drug-likeness (QED) is 0.580. The SMILES string of the molecule is CCC(CBr)C(=O)[O-]. The Labute approximate surface area is 57.0 Å². The summed E-state index contributed by atoms with van der Waals surface area (Å²) in [5.41, 5.74) is 0. The Kier molecular flexibility index (Phi) is 3.87. The third-order valence-corrected chi connectivity index (χ3v) is 1.79. The molecule has 0 fully saturated rings. The second-order valence-corrected chi connectivity index (χ2v) is 2.23. The van der Waals surface area contributed by atoms with Gasteiger partial charge in [-0.2, -0.15) is 0 Å². The van der Waals surface area contributed by atoms with Crippen molar-refractivity contribution in [1.29, 1.82) is 0 Å². The van der Waals surface area contributed by atoms with Crippen LogP contribution in [0, 0.1) is 5.92 Å². The number of halogens is 1. The number of carbonyl (C=O) groups is 1. The van der Waals surface area contributed by atoms with Crippen LogP contribution in [0.1, 0.15) is 13.3 Å². The molecule has 2 nitrogen and oxygen atoms in total. The van der Waals surface area contributed by atoms with Crippen molar-refractivity contribution in [2.75, 3.05) is 5.33 Å². The van der Waals surface area contributed by atoms with Gasteiger partial charge in [0.15, 0.2) is 0 Å². The van der Waals surface area contributed by atoms with E-state index >= 15 is 0 Å². The molecule has 0 aromatic carbocycles. The lowest BCUT2D eigenvalue weighted by Gasteiger charge is -2.10. The molecule has 0 aromatic heterocycles. The van der Waals surface area contributed by atoms with E-state index in [2.05, 4.69) is 15.9 Å². The normalized spacial score (nSPS) is 13.2. The Morgan fingerprint density at radius 3 is 2.38 bits per heavy atom. The van der Waals surface area contributed by atoms with Gasteiger partial charge in [0, 0.05) is 17.2 Å². The minimum Gasteiger partial charge on any atom is -0.550 e. The Morgan fingerprint density at radius 2 is 2.38 bits per heavy atom. The number of carbonyl (C=O) groups excluding carboxylic acids is 1. The van der Waals surface area contributed by atoms with Crippen molar-refractivity contribution in [2.45, 2.75) is 13.3 Å². The van der Waals surface area contributed by atoms with Crippen molar-refractivity contribution in [3.63, 3.8) is 0 Å². The van der Waals surface area contributed by atoms with Gasteiger partial charge in [0.05, 0.1) is 0 Å². The standard InChI is InChI=1S/C5H9BrO2/c1-2-4(3-6)5(7)8/h4H,2-3H2,1H3,(H,7,8)/p-1. The molecule has 0 saturated heterocycles. The number of alkyl halides is 1. The molecule has 0 spiro atoms. The topological polar surface area (TPSA) is 40.1 Å². The number of hydrogen-bond acceptors (Lipinski definition) is 2. The number of hydrogen-bond donors (Lipinski definition) is 0. The van der Waals surface area contributed by atoms with Crippen molar-refractivity contribution >= 4 is 21.9 Å². The van der Waals surface area contributed by atoms with Crippen LogP contribution < -0.4 is 5.11 Å². The molecular formula is C5H8BrO2-. The van der Waals surface area contributed by atoms with Crippen molar-refractivity contribution in [3.05, 3.63) is 0 Å². The third-order valence-electron chi connectivity index (χ3n) is 1.01. The first-order valence-electron chi connectivity index (χ1n) is 2.49. The highest BCUT2D eigenvalue weighted by molar-refractivity contribution is 9.09. The predicted molar refractivity (Wildman–Crippen MR) is 32.6 cm³/mol. The second kappa shape index (κ2) is 3.89. The van der Waals surface area contributed by atoms with Crippen molar-refractivity contribution in [3.8, 4) is 0 Å². The molecule has 0 amide bonds. The molecule has 0 bridgehead atoms. The van der Waals surface area contributed by atoms with Crippen LogP contribution >= 0.6 is 15.9 Å². The fraction of sp³-hybridized carbons (Fsp3) is 0.800. The zero-order valence-corrected chi connectivity index (χ0v) is 6.27. The van der Waals surface area contributed by atoms with Gasteiger partial charge in [0.2, 0.25) is 0 Å². The highest BCUT2D eigenvalue weighted by atomic mass is 79.9. The van der Waals surface area contributed by atoms with Gasteiger partial charge in [-0.05, 0) is 6.42 Å². The average Bonchev–Trinajstić information content (AvgIpc) is 1.69. The molecule has 1 atom stereocenters. The molecular weight excluding hydrogens is 172 g/mol. The monoisotopic (exact) mass is 179 g/mol. The molecule has 8 heavy (non-hydrogen) atoms. The molecule has 0 aliphatic heterocycles. The summed E-state index contributed by atoms with van der Waals surface area (Å²) >= 11 is 3.06. The lowest BCUT2D eigenvalue weighted by Crippen LogP contribution is -2.31. The molecule has 1 unspecified atom stereocenters. The summed E-state index contributed by atoms with van der Waals surface area (Å²) in [6.07, 6.45) is 0.633. The Balaban J connectivity index is 3.52. The van der Waals surface area contributed by atoms with Crippen LogP contribution in [0.5, 0.6) is 0 Å². The van der Waals surface area contributed by atoms with Crippen LogP contribution in [-0.2, 0) is 4.79 Å². The van der Waals surface area contributed by atoms with Gasteiger partial charge in [-0.1, -0.05) is 22.9 Å². The molecule has 0 rings (SSSR count).